The Morgan fingerprint density at radius 2 is 2.14 bits per heavy atom. The number of carbonyl (C=O) groups is 1. The van der Waals surface area contributed by atoms with Crippen LogP contribution in [0.4, 0.5) is 0 Å². The van der Waals surface area contributed by atoms with Gasteiger partial charge >= 0.3 is 0 Å². The molecule has 78 valence electrons. The first-order chi connectivity index (χ1) is 6.40. The molecular weight excluding hydrogens is 204 g/mol. The predicted molar refractivity (Wildman–Crippen MR) is 50.9 cm³/mol. The first-order valence-corrected chi connectivity index (χ1v) is 5.80. The monoisotopic (exact) mass is 216 g/mol. The lowest BCUT2D eigenvalue weighted by molar-refractivity contribution is 0.100. The van der Waals surface area contributed by atoms with Gasteiger partial charge in [0.2, 0.25) is 15.0 Å². The molecule has 0 saturated heterocycles. The Morgan fingerprint density at radius 3 is 2.50 bits per heavy atom. The van der Waals surface area contributed by atoms with Crippen molar-refractivity contribution in [3.05, 3.63) is 11.9 Å². The summed E-state index contributed by atoms with van der Waals surface area (Å²) in [4.78, 5) is 14.8. The van der Waals surface area contributed by atoms with E-state index >= 15 is 0 Å². The number of rotatable bonds is 3. The van der Waals surface area contributed by atoms with E-state index in [-0.39, 0.29) is 16.7 Å². The van der Waals surface area contributed by atoms with Gasteiger partial charge in [0.1, 0.15) is 5.69 Å². The van der Waals surface area contributed by atoms with Crippen molar-refractivity contribution < 1.29 is 13.2 Å². The van der Waals surface area contributed by atoms with Gasteiger partial charge in [-0.3, -0.25) is 4.79 Å². The highest BCUT2D eigenvalue weighted by atomic mass is 32.2. The van der Waals surface area contributed by atoms with Gasteiger partial charge in [0.25, 0.3) is 0 Å². The van der Waals surface area contributed by atoms with Crippen LogP contribution in [-0.4, -0.2) is 29.5 Å². The molecule has 1 rings (SSSR count). The minimum Gasteiger partial charge on any atom is -0.316 e. The third-order valence-corrected chi connectivity index (χ3v) is 3.66. The van der Waals surface area contributed by atoms with Gasteiger partial charge in [-0.25, -0.2) is 13.4 Å². The van der Waals surface area contributed by atoms with Crippen LogP contribution in [0.15, 0.2) is 11.4 Å². The summed E-state index contributed by atoms with van der Waals surface area (Å²) in [5.41, 5.74) is 0.303. The molecular formula is C8H12N2O3S. The lowest BCUT2D eigenvalue weighted by Crippen LogP contribution is -2.12. The van der Waals surface area contributed by atoms with Gasteiger partial charge in [-0.05, 0) is 0 Å². The maximum absolute atomic E-state index is 11.5. The molecule has 1 aromatic heterocycles. The maximum Gasteiger partial charge on any atom is 0.227 e. The van der Waals surface area contributed by atoms with Gasteiger partial charge < -0.3 is 4.57 Å². The summed E-state index contributed by atoms with van der Waals surface area (Å²) >= 11 is 0. The van der Waals surface area contributed by atoms with Gasteiger partial charge in [0, 0.05) is 14.0 Å². The molecule has 0 amide bonds. The molecule has 1 heterocycles. The lowest BCUT2D eigenvalue weighted by Gasteiger charge is -2.02. The van der Waals surface area contributed by atoms with E-state index in [1.807, 2.05) is 0 Å². The summed E-state index contributed by atoms with van der Waals surface area (Å²) in [6.07, 6.45) is 1.28. The second-order valence-corrected chi connectivity index (χ2v) is 5.12. The van der Waals surface area contributed by atoms with Crippen molar-refractivity contribution in [2.45, 2.75) is 19.0 Å². The van der Waals surface area contributed by atoms with E-state index in [0.29, 0.717) is 5.69 Å². The van der Waals surface area contributed by atoms with Crippen molar-refractivity contribution in [2.24, 2.45) is 7.05 Å². The number of imidazole rings is 1. The van der Waals surface area contributed by atoms with Crippen LogP contribution in [-0.2, 0) is 16.9 Å². The largest absolute Gasteiger partial charge is 0.316 e. The Hall–Kier alpha value is -1.17. The van der Waals surface area contributed by atoms with E-state index < -0.39 is 9.84 Å². The quantitative estimate of drug-likeness (QED) is 0.686. The number of hydrogen-bond acceptors (Lipinski definition) is 4. The molecule has 0 aliphatic rings. The smallest absolute Gasteiger partial charge is 0.227 e. The molecule has 0 spiro atoms. The fraction of sp³-hybridized carbons (Fsp3) is 0.500. The van der Waals surface area contributed by atoms with Crippen LogP contribution < -0.4 is 0 Å². The summed E-state index contributed by atoms with van der Waals surface area (Å²) in [7, 11) is -1.82. The van der Waals surface area contributed by atoms with Gasteiger partial charge in [0.05, 0.1) is 11.9 Å². The summed E-state index contributed by atoms with van der Waals surface area (Å²) in [6, 6.07) is 0. The molecule has 1 aromatic rings. The minimum absolute atomic E-state index is 0.0187. The van der Waals surface area contributed by atoms with Crippen molar-refractivity contribution in [3.8, 4) is 0 Å². The summed E-state index contributed by atoms with van der Waals surface area (Å²) in [6.45, 7) is 2.91. The maximum atomic E-state index is 11.5. The van der Waals surface area contributed by atoms with Crippen LogP contribution in [0.5, 0.6) is 0 Å². The van der Waals surface area contributed by atoms with Crippen LogP contribution in [0.3, 0.4) is 0 Å². The van der Waals surface area contributed by atoms with Crippen molar-refractivity contribution in [2.75, 3.05) is 5.75 Å². The first-order valence-electron chi connectivity index (χ1n) is 4.15. The van der Waals surface area contributed by atoms with E-state index in [1.54, 1.807) is 0 Å². The van der Waals surface area contributed by atoms with Gasteiger partial charge in [-0.1, -0.05) is 6.92 Å². The second-order valence-electron chi connectivity index (χ2n) is 2.94. The average Bonchev–Trinajstić information content (AvgIpc) is 2.47. The van der Waals surface area contributed by atoms with E-state index in [9.17, 15) is 13.2 Å². The number of hydrogen-bond donors (Lipinski definition) is 0. The fourth-order valence-corrected chi connectivity index (χ4v) is 2.12. The third kappa shape index (κ3) is 1.70. The molecule has 5 nitrogen and oxygen atoms in total. The van der Waals surface area contributed by atoms with Gasteiger partial charge in [0.15, 0.2) is 5.78 Å². The highest BCUT2D eigenvalue weighted by Gasteiger charge is 2.20. The number of ketones is 1. The molecule has 0 bridgehead atoms. The Bertz CT molecular complexity index is 459. The number of sulfone groups is 1. The Balaban J connectivity index is 3.34. The number of carbonyl (C=O) groups excluding carboxylic acids is 1. The van der Waals surface area contributed by atoms with Crippen LogP contribution in [0, 0.1) is 0 Å². The molecule has 0 saturated carbocycles. The number of aromatic nitrogens is 2. The van der Waals surface area contributed by atoms with Gasteiger partial charge in [-0.2, -0.15) is 0 Å². The fourth-order valence-electron chi connectivity index (χ4n) is 1.14. The van der Waals surface area contributed by atoms with Crippen LogP contribution >= 0.6 is 0 Å². The van der Waals surface area contributed by atoms with Gasteiger partial charge in [-0.15, -0.1) is 0 Å². The molecule has 0 atom stereocenters. The molecule has 0 aliphatic heterocycles. The van der Waals surface area contributed by atoms with Crippen LogP contribution in [0.1, 0.15) is 24.3 Å². The molecule has 0 aromatic carbocycles. The standard InChI is InChI=1S/C8H12N2O3S/c1-4-14(12,13)8-9-5-7(6(2)11)10(8)3/h5H,4H2,1-3H3. The highest BCUT2D eigenvalue weighted by Crippen LogP contribution is 2.11. The summed E-state index contributed by atoms with van der Waals surface area (Å²) in [5.74, 6) is -0.215. The van der Waals surface area contributed by atoms with Crippen molar-refractivity contribution in [1.29, 1.82) is 0 Å². The molecule has 14 heavy (non-hydrogen) atoms. The van der Waals surface area contributed by atoms with E-state index in [1.165, 1.54) is 31.7 Å². The zero-order valence-electron chi connectivity index (χ0n) is 8.31. The van der Waals surface area contributed by atoms with E-state index in [0.717, 1.165) is 0 Å². The Labute approximate surface area is 82.7 Å². The summed E-state index contributed by atoms with van der Waals surface area (Å²) < 4.78 is 24.2. The molecule has 0 N–H and O–H groups in total. The molecule has 6 heteroatoms. The first kappa shape index (κ1) is 10.9. The Morgan fingerprint density at radius 1 is 1.57 bits per heavy atom. The number of nitrogens with zero attached hydrogens (tertiary/aromatic N) is 2. The SMILES string of the molecule is CCS(=O)(=O)c1ncc(C(C)=O)n1C. The van der Waals surface area contributed by atoms with Crippen molar-refractivity contribution in [1.82, 2.24) is 9.55 Å². The van der Waals surface area contributed by atoms with Crippen LogP contribution in [0.2, 0.25) is 0 Å². The van der Waals surface area contributed by atoms with Crippen molar-refractivity contribution in [3.63, 3.8) is 0 Å². The molecule has 0 fully saturated rings. The average molecular weight is 216 g/mol. The van der Waals surface area contributed by atoms with Crippen molar-refractivity contribution >= 4 is 15.6 Å². The lowest BCUT2D eigenvalue weighted by atomic mass is 10.3. The molecule has 0 aliphatic carbocycles. The Kier molecular flexibility index (Phi) is 2.75. The highest BCUT2D eigenvalue weighted by molar-refractivity contribution is 7.91. The van der Waals surface area contributed by atoms with E-state index in [4.69, 9.17) is 0 Å². The topological polar surface area (TPSA) is 69.0 Å². The summed E-state index contributed by atoms with van der Waals surface area (Å²) in [5, 5.41) is -0.0507. The van der Waals surface area contributed by atoms with E-state index in [2.05, 4.69) is 4.98 Å². The second kappa shape index (κ2) is 3.53. The minimum atomic E-state index is -3.34. The zero-order valence-corrected chi connectivity index (χ0v) is 9.13. The number of Topliss-reactive ketones (excluding diaryl/α,β-unsaturated/α-hetero) is 1. The van der Waals surface area contributed by atoms with Crippen LogP contribution in [0.25, 0.3) is 0 Å². The third-order valence-electron chi connectivity index (χ3n) is 1.96. The molecule has 0 radical (unpaired) electrons. The predicted octanol–water partition coefficient (Wildman–Crippen LogP) is 0.416. The normalized spacial score (nSPS) is 11.6. The molecule has 0 unspecified atom stereocenters. The zero-order chi connectivity index (χ0) is 10.9.